The molecule has 164 valence electrons. The highest BCUT2D eigenvalue weighted by atomic mass is 32.2. The number of carbonyl (C=O) groups is 2. The van der Waals surface area contributed by atoms with Crippen LogP contribution in [0, 0.1) is 11.3 Å². The number of ether oxygens (including phenoxy) is 1. The van der Waals surface area contributed by atoms with Crippen LogP contribution in [0.25, 0.3) is 17.4 Å². The van der Waals surface area contributed by atoms with Crippen molar-refractivity contribution in [3.8, 4) is 17.4 Å². The molecule has 0 spiro atoms. The Balaban J connectivity index is 1.79. The molecule has 0 unspecified atom stereocenters. The van der Waals surface area contributed by atoms with Crippen molar-refractivity contribution in [3.05, 3.63) is 53.3 Å². The number of furan rings is 1. The smallest absolute Gasteiger partial charge is 0.338 e. The molecule has 0 fully saturated rings. The van der Waals surface area contributed by atoms with Crippen molar-refractivity contribution in [2.45, 2.75) is 12.1 Å². The highest BCUT2D eigenvalue weighted by Crippen LogP contribution is 2.25. The fourth-order valence-corrected chi connectivity index (χ4v) is 3.91. The number of esters is 1. The van der Waals surface area contributed by atoms with Gasteiger partial charge in [-0.1, -0.05) is 12.1 Å². The molecule has 1 amide bonds. The summed E-state index contributed by atoms with van der Waals surface area (Å²) in [6, 6.07) is 11.6. The standard InChI is InChI=1S/C20H16N4O6S2/c1-3-29-18(26)13-6-4-5-12(9-13)16-8-7-15(30-16)10-14(11-21)17(25)22-19-23-20(24-31-19)32(2,27)28/h4-10H,3H2,1-2H3,(H,22,23,24,25)/b14-10-. The third-order valence-corrected chi connectivity index (χ3v) is 5.49. The molecule has 0 aliphatic rings. The highest BCUT2D eigenvalue weighted by Gasteiger charge is 2.18. The number of aromatic nitrogens is 2. The van der Waals surface area contributed by atoms with E-state index in [1.54, 1.807) is 49.4 Å². The van der Waals surface area contributed by atoms with Crippen LogP contribution in [0.5, 0.6) is 0 Å². The van der Waals surface area contributed by atoms with E-state index in [1.807, 2.05) is 0 Å². The molecule has 0 atom stereocenters. The van der Waals surface area contributed by atoms with E-state index >= 15 is 0 Å². The lowest BCUT2D eigenvalue weighted by Crippen LogP contribution is -2.13. The Hall–Kier alpha value is -3.82. The normalized spacial score (nSPS) is 11.6. The predicted molar refractivity (Wildman–Crippen MR) is 115 cm³/mol. The lowest BCUT2D eigenvalue weighted by Gasteiger charge is -2.03. The average Bonchev–Trinajstić information content (AvgIpc) is 3.42. The zero-order valence-electron chi connectivity index (χ0n) is 16.9. The van der Waals surface area contributed by atoms with Crippen molar-refractivity contribution < 1.29 is 27.2 Å². The minimum absolute atomic E-state index is 0.0625. The zero-order valence-corrected chi connectivity index (χ0v) is 18.5. The van der Waals surface area contributed by atoms with Gasteiger partial charge in [0.15, 0.2) is 0 Å². The van der Waals surface area contributed by atoms with E-state index in [4.69, 9.17) is 9.15 Å². The topological polar surface area (TPSA) is 152 Å². The minimum atomic E-state index is -3.61. The lowest BCUT2D eigenvalue weighted by molar-refractivity contribution is -0.112. The van der Waals surface area contributed by atoms with Crippen LogP contribution in [0.15, 0.2) is 51.5 Å². The Morgan fingerprint density at radius 1 is 1.31 bits per heavy atom. The van der Waals surface area contributed by atoms with Gasteiger partial charge in [-0.15, -0.1) is 0 Å². The fraction of sp³-hybridized carbons (Fsp3) is 0.150. The van der Waals surface area contributed by atoms with Crippen LogP contribution in [0.1, 0.15) is 23.0 Å². The second-order valence-electron chi connectivity index (χ2n) is 6.28. The molecule has 3 aromatic rings. The lowest BCUT2D eigenvalue weighted by atomic mass is 10.1. The quantitative estimate of drug-likeness (QED) is 0.311. The molecule has 0 saturated heterocycles. The van der Waals surface area contributed by atoms with Gasteiger partial charge < -0.3 is 9.15 Å². The van der Waals surface area contributed by atoms with Crippen molar-refractivity contribution in [3.63, 3.8) is 0 Å². The zero-order chi connectivity index (χ0) is 23.3. The van der Waals surface area contributed by atoms with Gasteiger partial charge in [-0.3, -0.25) is 10.1 Å². The van der Waals surface area contributed by atoms with E-state index in [-0.39, 0.29) is 23.1 Å². The molecular formula is C20H16N4O6S2. The molecule has 1 aromatic carbocycles. The first-order chi connectivity index (χ1) is 15.2. The van der Waals surface area contributed by atoms with E-state index in [0.717, 1.165) is 6.26 Å². The van der Waals surface area contributed by atoms with Crippen molar-refractivity contribution in [1.82, 2.24) is 9.36 Å². The van der Waals surface area contributed by atoms with Crippen LogP contribution in [0.3, 0.4) is 0 Å². The third-order valence-electron chi connectivity index (χ3n) is 3.90. The maximum atomic E-state index is 12.4. The first-order valence-electron chi connectivity index (χ1n) is 9.05. The SMILES string of the molecule is CCOC(=O)c1cccc(-c2ccc(/C=C(/C#N)C(=O)Nc3nc(S(C)(=O)=O)ns3)o2)c1. The van der Waals surface area contributed by atoms with Crippen molar-refractivity contribution in [2.75, 3.05) is 18.2 Å². The number of carbonyl (C=O) groups excluding carboxylic acids is 2. The van der Waals surface area contributed by atoms with Crippen molar-refractivity contribution in [1.29, 1.82) is 5.26 Å². The maximum Gasteiger partial charge on any atom is 0.338 e. The number of nitriles is 1. The minimum Gasteiger partial charge on any atom is -0.462 e. The molecule has 0 bridgehead atoms. The van der Waals surface area contributed by atoms with Crippen molar-refractivity contribution >= 4 is 44.5 Å². The maximum absolute atomic E-state index is 12.4. The second-order valence-corrected chi connectivity index (χ2v) is 8.94. The molecule has 12 heteroatoms. The number of rotatable bonds is 7. The second kappa shape index (κ2) is 9.54. The van der Waals surface area contributed by atoms with Gasteiger partial charge in [-0.25, -0.2) is 13.2 Å². The van der Waals surface area contributed by atoms with Gasteiger partial charge in [0.2, 0.25) is 15.0 Å². The number of hydrogen-bond acceptors (Lipinski definition) is 10. The van der Waals surface area contributed by atoms with Crippen LogP contribution >= 0.6 is 11.5 Å². The van der Waals surface area contributed by atoms with E-state index in [2.05, 4.69) is 14.7 Å². The molecule has 3 rings (SSSR count). The van der Waals surface area contributed by atoms with Crippen molar-refractivity contribution in [2.24, 2.45) is 0 Å². The van der Waals surface area contributed by atoms with Gasteiger partial charge >= 0.3 is 5.97 Å². The summed E-state index contributed by atoms with van der Waals surface area (Å²) in [6.07, 6.45) is 2.17. The summed E-state index contributed by atoms with van der Waals surface area (Å²) in [6.45, 7) is 1.97. The van der Waals surface area contributed by atoms with Crippen LogP contribution in [-0.4, -0.2) is 42.5 Å². The summed E-state index contributed by atoms with van der Waals surface area (Å²) in [4.78, 5) is 28.0. The molecule has 0 aliphatic carbocycles. The fourth-order valence-electron chi connectivity index (χ4n) is 2.47. The Kier molecular flexibility index (Phi) is 6.82. The summed E-state index contributed by atoms with van der Waals surface area (Å²) in [7, 11) is -3.61. The van der Waals surface area contributed by atoms with E-state index in [0.29, 0.717) is 28.4 Å². The predicted octanol–water partition coefficient (Wildman–Crippen LogP) is 2.92. The van der Waals surface area contributed by atoms with Gasteiger partial charge in [0, 0.05) is 29.4 Å². The first-order valence-corrected chi connectivity index (χ1v) is 11.7. The molecule has 10 nitrogen and oxygen atoms in total. The number of amides is 1. The monoisotopic (exact) mass is 472 g/mol. The van der Waals surface area contributed by atoms with Crippen LogP contribution in [-0.2, 0) is 19.4 Å². The van der Waals surface area contributed by atoms with Gasteiger partial charge in [0.25, 0.3) is 11.1 Å². The summed E-state index contributed by atoms with van der Waals surface area (Å²) < 4.78 is 37.2. The summed E-state index contributed by atoms with van der Waals surface area (Å²) >= 11 is 0.677. The van der Waals surface area contributed by atoms with E-state index in [1.165, 1.54) is 6.08 Å². The molecule has 0 radical (unpaired) electrons. The first kappa shape index (κ1) is 22.9. The van der Waals surface area contributed by atoms with Crippen LogP contribution in [0.2, 0.25) is 0 Å². The number of nitrogens with zero attached hydrogens (tertiary/aromatic N) is 3. The molecule has 1 N–H and O–H groups in total. The third kappa shape index (κ3) is 5.45. The molecular weight excluding hydrogens is 456 g/mol. The molecule has 2 heterocycles. The number of anilines is 1. The molecule has 0 saturated carbocycles. The van der Waals surface area contributed by atoms with Gasteiger partial charge in [0.05, 0.1) is 12.2 Å². The molecule has 32 heavy (non-hydrogen) atoms. The van der Waals surface area contributed by atoms with Gasteiger partial charge in [-0.05, 0) is 31.2 Å². The average molecular weight is 473 g/mol. The Morgan fingerprint density at radius 2 is 2.09 bits per heavy atom. The number of hydrogen-bond donors (Lipinski definition) is 1. The van der Waals surface area contributed by atoms with Crippen LogP contribution in [0.4, 0.5) is 5.13 Å². The summed E-state index contributed by atoms with van der Waals surface area (Å²) in [5, 5.41) is 11.2. The molecule has 0 aliphatic heterocycles. The Morgan fingerprint density at radius 3 is 2.75 bits per heavy atom. The van der Waals surface area contributed by atoms with Gasteiger partial charge in [0.1, 0.15) is 23.2 Å². The van der Waals surface area contributed by atoms with E-state index < -0.39 is 26.9 Å². The Labute approximate surface area is 187 Å². The van der Waals surface area contributed by atoms with Crippen LogP contribution < -0.4 is 5.32 Å². The Bertz CT molecular complexity index is 1350. The largest absolute Gasteiger partial charge is 0.462 e. The summed E-state index contributed by atoms with van der Waals surface area (Å²) in [5.74, 6) is -0.615. The number of benzene rings is 1. The number of nitrogens with one attached hydrogen (secondary N) is 1. The highest BCUT2D eigenvalue weighted by molar-refractivity contribution is 7.90. The summed E-state index contributed by atoms with van der Waals surface area (Å²) in [5.41, 5.74) is 0.683. The molecule has 2 aromatic heterocycles. The van der Waals surface area contributed by atoms with E-state index in [9.17, 15) is 23.3 Å². The number of sulfone groups is 1. The van der Waals surface area contributed by atoms with Gasteiger partial charge in [-0.2, -0.15) is 14.6 Å².